The number of fused-ring (bicyclic) bond motifs is 1. The highest BCUT2D eigenvalue weighted by molar-refractivity contribution is 7.89. The van der Waals surface area contributed by atoms with E-state index in [1.54, 1.807) is 24.0 Å². The van der Waals surface area contributed by atoms with Gasteiger partial charge in [0.25, 0.3) is 0 Å². The predicted molar refractivity (Wildman–Crippen MR) is 109 cm³/mol. The van der Waals surface area contributed by atoms with Crippen LogP contribution in [0.4, 0.5) is 0 Å². The third-order valence-corrected chi connectivity index (χ3v) is 7.71. The van der Waals surface area contributed by atoms with Crippen molar-refractivity contribution in [2.75, 3.05) is 6.54 Å². The number of benzene rings is 1. The van der Waals surface area contributed by atoms with Crippen LogP contribution in [0.25, 0.3) is 11.1 Å². The summed E-state index contributed by atoms with van der Waals surface area (Å²) in [6.45, 7) is 2.68. The Kier molecular flexibility index (Phi) is 5.30. The van der Waals surface area contributed by atoms with Gasteiger partial charge in [-0.3, -0.25) is 9.25 Å². The fourth-order valence-electron chi connectivity index (χ4n) is 4.08. The maximum absolute atomic E-state index is 13.6. The zero-order valence-corrected chi connectivity index (χ0v) is 17.9. The van der Waals surface area contributed by atoms with Gasteiger partial charge in [-0.2, -0.15) is 9.40 Å². The molecule has 8 nitrogen and oxygen atoms in total. The monoisotopic (exact) mass is 438 g/mol. The first kappa shape index (κ1) is 20.2. The summed E-state index contributed by atoms with van der Waals surface area (Å²) in [4.78, 5) is 12.1. The summed E-state index contributed by atoms with van der Waals surface area (Å²) < 4.78 is 37.1. The van der Waals surface area contributed by atoms with Gasteiger partial charge < -0.3 is 4.42 Å². The number of aromatic nitrogens is 3. The standard InChI is InChI=1S/C19H23ClN4O4S/c1-3-23-15-9-8-13(11-17(15)28-19(23)25)29(26,27)24-10-6-4-5-7-16(24)18-14(20)12-21-22(18)2/h8-9,11-12,16H,3-7,10H2,1-2H3/t16-/m1/s1. The minimum atomic E-state index is -3.83. The minimum absolute atomic E-state index is 0.104. The van der Waals surface area contributed by atoms with Gasteiger partial charge >= 0.3 is 5.76 Å². The van der Waals surface area contributed by atoms with Crippen molar-refractivity contribution in [3.05, 3.63) is 45.7 Å². The first-order valence-electron chi connectivity index (χ1n) is 9.67. The zero-order valence-electron chi connectivity index (χ0n) is 16.3. The summed E-state index contributed by atoms with van der Waals surface area (Å²) >= 11 is 6.35. The van der Waals surface area contributed by atoms with Crippen LogP contribution in [0.15, 0.2) is 38.5 Å². The Balaban J connectivity index is 1.81. The Morgan fingerprint density at radius 2 is 2.07 bits per heavy atom. The molecule has 1 saturated heterocycles. The number of aryl methyl sites for hydroxylation is 2. The molecule has 1 aliphatic heterocycles. The fourth-order valence-corrected chi connectivity index (χ4v) is 6.05. The van der Waals surface area contributed by atoms with E-state index in [4.69, 9.17) is 16.0 Å². The van der Waals surface area contributed by atoms with E-state index in [-0.39, 0.29) is 10.5 Å². The smallest absolute Gasteiger partial charge is 0.408 e. The molecule has 0 N–H and O–H groups in total. The van der Waals surface area contributed by atoms with Crippen LogP contribution in [-0.4, -0.2) is 33.6 Å². The number of nitrogens with zero attached hydrogens (tertiary/aromatic N) is 4. The van der Waals surface area contributed by atoms with Gasteiger partial charge in [-0.15, -0.1) is 0 Å². The molecule has 3 heterocycles. The first-order chi connectivity index (χ1) is 13.8. The molecule has 1 fully saturated rings. The summed E-state index contributed by atoms with van der Waals surface area (Å²) in [6, 6.07) is 4.20. The second kappa shape index (κ2) is 7.62. The predicted octanol–water partition coefficient (Wildman–Crippen LogP) is 3.31. The van der Waals surface area contributed by atoms with Crippen LogP contribution < -0.4 is 5.76 Å². The van der Waals surface area contributed by atoms with Gasteiger partial charge in [-0.1, -0.05) is 24.4 Å². The van der Waals surface area contributed by atoms with Crippen LogP contribution in [0.1, 0.15) is 44.3 Å². The van der Waals surface area contributed by atoms with Crippen LogP contribution in [0.5, 0.6) is 0 Å². The third kappa shape index (κ3) is 3.41. The van der Waals surface area contributed by atoms with Crippen LogP contribution in [-0.2, 0) is 23.6 Å². The molecule has 0 spiro atoms. The average Bonchev–Trinajstić information content (AvgIpc) is 3.06. The Morgan fingerprint density at radius 1 is 1.28 bits per heavy atom. The topological polar surface area (TPSA) is 90.3 Å². The maximum atomic E-state index is 13.6. The van der Waals surface area contributed by atoms with Crippen LogP contribution >= 0.6 is 11.6 Å². The number of halogens is 1. The SMILES string of the molecule is CCn1c(=O)oc2cc(S(=O)(=O)N3CCCCC[C@@H]3c3c(Cl)cnn3C)ccc21. The van der Waals surface area contributed by atoms with Gasteiger partial charge in [0.05, 0.1) is 33.4 Å². The Labute approximate surface area is 173 Å². The van der Waals surface area contributed by atoms with Crippen LogP contribution in [0, 0.1) is 0 Å². The Morgan fingerprint density at radius 3 is 2.76 bits per heavy atom. The second-order valence-electron chi connectivity index (χ2n) is 7.22. The molecule has 0 aliphatic carbocycles. The summed E-state index contributed by atoms with van der Waals surface area (Å²) in [7, 11) is -2.06. The molecular weight excluding hydrogens is 416 g/mol. The summed E-state index contributed by atoms with van der Waals surface area (Å²) in [6.07, 6.45) is 4.84. The van der Waals surface area contributed by atoms with E-state index in [2.05, 4.69) is 5.10 Å². The lowest BCUT2D eigenvalue weighted by molar-refractivity contribution is 0.315. The highest BCUT2D eigenvalue weighted by atomic mass is 35.5. The number of sulfonamides is 1. The highest BCUT2D eigenvalue weighted by Crippen LogP contribution is 2.37. The average molecular weight is 439 g/mol. The van der Waals surface area contributed by atoms with Crippen LogP contribution in [0.3, 0.4) is 0 Å². The Bertz CT molecular complexity index is 1190. The van der Waals surface area contributed by atoms with Crippen molar-refractivity contribution in [3.63, 3.8) is 0 Å². The molecule has 0 unspecified atom stereocenters. The molecule has 156 valence electrons. The molecule has 3 aromatic rings. The van der Waals surface area contributed by atoms with Gasteiger partial charge in [-0.25, -0.2) is 13.2 Å². The highest BCUT2D eigenvalue weighted by Gasteiger charge is 2.36. The quantitative estimate of drug-likeness (QED) is 0.623. The van der Waals surface area contributed by atoms with Gasteiger partial charge in [0, 0.05) is 26.2 Å². The lowest BCUT2D eigenvalue weighted by Gasteiger charge is -2.29. The van der Waals surface area contributed by atoms with Gasteiger partial charge in [0.1, 0.15) is 0 Å². The summed E-state index contributed by atoms with van der Waals surface area (Å²) in [5, 5.41) is 4.64. The lowest BCUT2D eigenvalue weighted by Crippen LogP contribution is -2.35. The summed E-state index contributed by atoms with van der Waals surface area (Å²) in [5.41, 5.74) is 1.54. The van der Waals surface area contributed by atoms with Crippen molar-refractivity contribution >= 4 is 32.7 Å². The second-order valence-corrected chi connectivity index (χ2v) is 9.52. The van der Waals surface area contributed by atoms with Crippen molar-refractivity contribution in [3.8, 4) is 0 Å². The molecule has 2 aromatic heterocycles. The zero-order chi connectivity index (χ0) is 20.8. The van der Waals surface area contributed by atoms with Crippen molar-refractivity contribution in [2.45, 2.75) is 50.1 Å². The number of oxazole rings is 1. The van der Waals surface area contributed by atoms with E-state index in [1.165, 1.54) is 21.0 Å². The Hall–Kier alpha value is -2.10. The van der Waals surface area contributed by atoms with Crippen molar-refractivity contribution in [2.24, 2.45) is 7.05 Å². The molecule has 1 atom stereocenters. The van der Waals surface area contributed by atoms with Gasteiger partial charge in [0.15, 0.2) is 5.58 Å². The number of rotatable bonds is 4. The molecule has 1 aliphatic rings. The maximum Gasteiger partial charge on any atom is 0.419 e. The van der Waals surface area contributed by atoms with Crippen molar-refractivity contribution in [1.82, 2.24) is 18.7 Å². The van der Waals surface area contributed by atoms with Crippen molar-refractivity contribution < 1.29 is 12.8 Å². The number of hydrogen-bond acceptors (Lipinski definition) is 5. The van der Waals surface area contributed by atoms with E-state index in [0.717, 1.165) is 19.3 Å². The van der Waals surface area contributed by atoms with E-state index in [9.17, 15) is 13.2 Å². The molecule has 1 aromatic carbocycles. The van der Waals surface area contributed by atoms with Gasteiger partial charge in [-0.05, 0) is 31.9 Å². The minimum Gasteiger partial charge on any atom is -0.408 e. The molecule has 0 saturated carbocycles. The van der Waals surface area contributed by atoms with E-state index >= 15 is 0 Å². The molecule has 10 heteroatoms. The fraction of sp³-hybridized carbons (Fsp3) is 0.474. The molecular formula is C19H23ClN4O4S. The summed E-state index contributed by atoms with van der Waals surface area (Å²) in [5.74, 6) is -0.494. The van der Waals surface area contributed by atoms with E-state index < -0.39 is 21.8 Å². The molecule has 29 heavy (non-hydrogen) atoms. The largest absolute Gasteiger partial charge is 0.419 e. The van der Waals surface area contributed by atoms with Gasteiger partial charge in [0.2, 0.25) is 10.0 Å². The number of hydrogen-bond donors (Lipinski definition) is 0. The molecule has 0 radical (unpaired) electrons. The third-order valence-electron chi connectivity index (χ3n) is 5.52. The van der Waals surface area contributed by atoms with Crippen molar-refractivity contribution in [1.29, 1.82) is 0 Å². The first-order valence-corrected chi connectivity index (χ1v) is 11.5. The molecule has 0 bridgehead atoms. The normalized spacial score (nSPS) is 18.9. The van der Waals surface area contributed by atoms with E-state index in [0.29, 0.717) is 35.7 Å². The van der Waals surface area contributed by atoms with E-state index in [1.807, 2.05) is 6.92 Å². The lowest BCUT2D eigenvalue weighted by atomic mass is 10.1. The molecule has 0 amide bonds. The van der Waals surface area contributed by atoms with Crippen LogP contribution in [0.2, 0.25) is 5.02 Å². The molecule has 4 rings (SSSR count).